The number of amides is 3. The summed E-state index contributed by atoms with van der Waals surface area (Å²) in [5, 5.41) is 0. The van der Waals surface area contributed by atoms with Gasteiger partial charge in [-0.25, -0.2) is 0 Å². The molecule has 162 valence electrons. The second-order valence-electron chi connectivity index (χ2n) is 8.50. The van der Waals surface area contributed by atoms with Crippen LogP contribution in [0.25, 0.3) is 0 Å². The Morgan fingerprint density at radius 1 is 1.07 bits per heavy atom. The van der Waals surface area contributed by atoms with E-state index in [0.29, 0.717) is 50.7 Å². The number of hydrogen-bond acceptors (Lipinski definition) is 5. The van der Waals surface area contributed by atoms with Gasteiger partial charge in [-0.15, -0.1) is 0 Å². The van der Waals surface area contributed by atoms with Crippen molar-refractivity contribution in [1.82, 2.24) is 19.7 Å². The minimum absolute atomic E-state index is 0.0487. The molecule has 4 rings (SSSR count). The topological polar surface area (TPSA) is 83.1 Å². The van der Waals surface area contributed by atoms with Crippen LogP contribution in [-0.4, -0.2) is 89.4 Å². The van der Waals surface area contributed by atoms with Gasteiger partial charge in [0.2, 0.25) is 11.8 Å². The van der Waals surface area contributed by atoms with E-state index in [0.717, 1.165) is 19.4 Å². The van der Waals surface area contributed by atoms with Gasteiger partial charge in [0.05, 0.1) is 6.10 Å². The van der Waals surface area contributed by atoms with Crippen molar-refractivity contribution >= 4 is 17.7 Å². The second-order valence-corrected chi connectivity index (χ2v) is 8.50. The number of nitrogens with zero attached hydrogens (tertiary/aromatic N) is 4. The fourth-order valence-electron chi connectivity index (χ4n) is 4.08. The first-order valence-corrected chi connectivity index (χ1v) is 11.0. The lowest BCUT2D eigenvalue weighted by Crippen LogP contribution is -2.40. The van der Waals surface area contributed by atoms with Crippen LogP contribution in [0.3, 0.4) is 0 Å². The third kappa shape index (κ3) is 5.36. The third-order valence-corrected chi connectivity index (χ3v) is 6.03. The fourth-order valence-corrected chi connectivity index (χ4v) is 4.08. The number of pyridine rings is 1. The molecule has 30 heavy (non-hydrogen) atoms. The van der Waals surface area contributed by atoms with Crippen molar-refractivity contribution in [2.75, 3.05) is 45.9 Å². The molecule has 8 heteroatoms. The molecule has 1 saturated carbocycles. The van der Waals surface area contributed by atoms with Crippen LogP contribution in [0.4, 0.5) is 0 Å². The second kappa shape index (κ2) is 9.55. The first-order valence-electron chi connectivity index (χ1n) is 11.0. The van der Waals surface area contributed by atoms with Crippen LogP contribution in [0.15, 0.2) is 24.5 Å². The summed E-state index contributed by atoms with van der Waals surface area (Å²) in [5.41, 5.74) is 0.528. The molecule has 0 N–H and O–H groups in total. The van der Waals surface area contributed by atoms with E-state index in [1.807, 2.05) is 4.90 Å². The minimum atomic E-state index is -0.198. The van der Waals surface area contributed by atoms with Crippen molar-refractivity contribution in [3.8, 4) is 0 Å². The molecule has 1 aromatic heterocycles. The summed E-state index contributed by atoms with van der Waals surface area (Å²) in [6.07, 6.45) is 7.65. The van der Waals surface area contributed by atoms with Gasteiger partial charge in [0, 0.05) is 63.7 Å². The molecule has 0 spiro atoms. The zero-order chi connectivity index (χ0) is 20.9. The van der Waals surface area contributed by atoms with Crippen LogP contribution in [0.1, 0.15) is 42.5 Å². The summed E-state index contributed by atoms with van der Waals surface area (Å²) in [6.45, 7) is 3.69. The number of rotatable bonds is 8. The largest absolute Gasteiger partial charge is 0.374 e. The van der Waals surface area contributed by atoms with Crippen LogP contribution in [0, 0.1) is 5.92 Å². The molecule has 8 nitrogen and oxygen atoms in total. The van der Waals surface area contributed by atoms with Gasteiger partial charge in [-0.1, -0.05) is 0 Å². The van der Waals surface area contributed by atoms with E-state index in [2.05, 4.69) is 4.98 Å². The first-order chi connectivity index (χ1) is 14.6. The standard InChI is InChI=1S/C22H30N4O4/c27-20-3-1-10-24(20)11-2-12-25-13-19(30-16-17-4-5-17)14-26(15-21(25)28)22(29)18-6-8-23-9-7-18/h6-9,17,19H,1-5,10-16H2. The number of carbonyl (C=O) groups excluding carboxylic acids is 3. The molecule has 3 amide bonds. The van der Waals surface area contributed by atoms with Gasteiger partial charge in [0.1, 0.15) is 6.54 Å². The maximum absolute atomic E-state index is 13.0. The summed E-state index contributed by atoms with van der Waals surface area (Å²) >= 11 is 0. The van der Waals surface area contributed by atoms with Crippen LogP contribution < -0.4 is 0 Å². The molecule has 0 bridgehead atoms. The van der Waals surface area contributed by atoms with Crippen LogP contribution >= 0.6 is 0 Å². The lowest BCUT2D eigenvalue weighted by molar-refractivity contribution is -0.131. The molecule has 2 saturated heterocycles. The Labute approximate surface area is 177 Å². The third-order valence-electron chi connectivity index (χ3n) is 6.03. The van der Waals surface area contributed by atoms with Gasteiger partial charge in [0.15, 0.2) is 0 Å². The molecule has 3 fully saturated rings. The smallest absolute Gasteiger partial charge is 0.254 e. The number of aromatic nitrogens is 1. The Bertz CT molecular complexity index is 768. The Kier molecular flexibility index (Phi) is 6.62. The Morgan fingerprint density at radius 3 is 2.53 bits per heavy atom. The molecule has 1 atom stereocenters. The van der Waals surface area contributed by atoms with E-state index in [1.54, 1.807) is 34.3 Å². The molecule has 3 heterocycles. The van der Waals surface area contributed by atoms with Crippen molar-refractivity contribution in [2.45, 2.75) is 38.2 Å². The molecule has 2 aliphatic heterocycles. The predicted molar refractivity (Wildman–Crippen MR) is 110 cm³/mol. The lowest BCUT2D eigenvalue weighted by Gasteiger charge is -2.25. The number of ether oxygens (including phenoxy) is 1. The van der Waals surface area contributed by atoms with Crippen LogP contribution in [0.2, 0.25) is 0 Å². The van der Waals surface area contributed by atoms with Gasteiger partial charge in [-0.2, -0.15) is 0 Å². The molecule has 0 aromatic carbocycles. The van der Waals surface area contributed by atoms with Gasteiger partial charge in [-0.05, 0) is 43.7 Å². The van der Waals surface area contributed by atoms with E-state index < -0.39 is 0 Å². The van der Waals surface area contributed by atoms with Crippen LogP contribution in [-0.2, 0) is 14.3 Å². The molecular formula is C22H30N4O4. The van der Waals surface area contributed by atoms with E-state index in [-0.39, 0.29) is 30.4 Å². The quantitative estimate of drug-likeness (QED) is 0.638. The molecule has 0 radical (unpaired) electrons. The summed E-state index contributed by atoms with van der Waals surface area (Å²) in [7, 11) is 0. The van der Waals surface area contributed by atoms with E-state index in [1.165, 1.54) is 12.8 Å². The molecule has 1 unspecified atom stereocenters. The van der Waals surface area contributed by atoms with Crippen molar-refractivity contribution in [1.29, 1.82) is 0 Å². The Morgan fingerprint density at radius 2 is 1.83 bits per heavy atom. The maximum Gasteiger partial charge on any atom is 0.254 e. The monoisotopic (exact) mass is 414 g/mol. The number of likely N-dealkylation sites (tertiary alicyclic amines) is 1. The highest BCUT2D eigenvalue weighted by Gasteiger charge is 2.32. The van der Waals surface area contributed by atoms with Crippen molar-refractivity contribution in [3.05, 3.63) is 30.1 Å². The van der Waals surface area contributed by atoms with E-state index >= 15 is 0 Å². The molecule has 3 aliphatic rings. The maximum atomic E-state index is 13.0. The Hall–Kier alpha value is -2.48. The normalized spacial score (nSPS) is 22.5. The number of carbonyl (C=O) groups is 3. The Balaban J connectivity index is 1.39. The van der Waals surface area contributed by atoms with E-state index in [4.69, 9.17) is 4.74 Å². The molecule has 1 aromatic rings. The molecular weight excluding hydrogens is 384 g/mol. The minimum Gasteiger partial charge on any atom is -0.374 e. The zero-order valence-corrected chi connectivity index (χ0v) is 17.4. The van der Waals surface area contributed by atoms with Gasteiger partial charge in [-0.3, -0.25) is 19.4 Å². The van der Waals surface area contributed by atoms with Crippen molar-refractivity contribution < 1.29 is 19.1 Å². The molecule has 1 aliphatic carbocycles. The van der Waals surface area contributed by atoms with E-state index in [9.17, 15) is 14.4 Å². The van der Waals surface area contributed by atoms with Gasteiger partial charge in [0.25, 0.3) is 5.91 Å². The van der Waals surface area contributed by atoms with Crippen molar-refractivity contribution in [2.24, 2.45) is 5.92 Å². The van der Waals surface area contributed by atoms with Gasteiger partial charge >= 0.3 is 0 Å². The van der Waals surface area contributed by atoms with Crippen molar-refractivity contribution in [3.63, 3.8) is 0 Å². The zero-order valence-electron chi connectivity index (χ0n) is 17.4. The SMILES string of the molecule is O=C1CCCN1CCCN1CC(OCC2CC2)CN(C(=O)c2ccncc2)CC1=O. The summed E-state index contributed by atoms with van der Waals surface area (Å²) in [4.78, 5) is 46.9. The average molecular weight is 415 g/mol. The number of hydrogen-bond donors (Lipinski definition) is 0. The van der Waals surface area contributed by atoms with Gasteiger partial charge < -0.3 is 19.4 Å². The fraction of sp³-hybridized carbons (Fsp3) is 0.636. The summed E-state index contributed by atoms with van der Waals surface area (Å²) in [5.74, 6) is 0.581. The summed E-state index contributed by atoms with van der Waals surface area (Å²) < 4.78 is 6.11. The predicted octanol–water partition coefficient (Wildman–Crippen LogP) is 1.17. The highest BCUT2D eigenvalue weighted by atomic mass is 16.5. The average Bonchev–Trinajstić information content (AvgIpc) is 3.52. The highest BCUT2D eigenvalue weighted by molar-refractivity contribution is 5.96. The van der Waals surface area contributed by atoms with Crippen LogP contribution in [0.5, 0.6) is 0 Å². The lowest BCUT2D eigenvalue weighted by atomic mass is 10.2. The summed E-state index contributed by atoms with van der Waals surface area (Å²) in [6, 6.07) is 3.34. The highest BCUT2D eigenvalue weighted by Crippen LogP contribution is 2.29. The first kappa shape index (κ1) is 20.8.